The largest absolute Gasteiger partial charge is 0.416 e. The van der Waals surface area contributed by atoms with Crippen LogP contribution >= 0.6 is 23.4 Å². The van der Waals surface area contributed by atoms with E-state index >= 15 is 0 Å². The van der Waals surface area contributed by atoms with Crippen LogP contribution in [0.3, 0.4) is 0 Å². The molecule has 1 amide bonds. The van der Waals surface area contributed by atoms with Crippen LogP contribution in [-0.4, -0.2) is 42.3 Å². The Hall–Kier alpha value is -2.04. The topological polar surface area (TPSA) is 66.8 Å². The van der Waals surface area contributed by atoms with Crippen LogP contribution in [0.1, 0.15) is 17.5 Å². The number of aliphatic imine (C=N–C) groups is 1. The van der Waals surface area contributed by atoms with Crippen molar-refractivity contribution in [1.29, 1.82) is 0 Å². The van der Waals surface area contributed by atoms with Gasteiger partial charge >= 0.3 is 6.18 Å². The number of hydrogen-bond donors (Lipinski definition) is 0. The molecule has 170 valence electrons. The number of carbonyl (C=O) groups is 1. The fraction of sp³-hybridized carbons (Fsp3) is 0.333. The Bertz CT molecular complexity index is 1170. The summed E-state index contributed by atoms with van der Waals surface area (Å²) in [7, 11) is -3.36. The van der Waals surface area contributed by atoms with Crippen molar-refractivity contribution in [3.63, 3.8) is 0 Å². The summed E-state index contributed by atoms with van der Waals surface area (Å²) in [6.45, 7) is 0. The number of carbonyl (C=O) groups excluding carboxylic acids is 1. The number of hydrogen-bond acceptors (Lipinski definition) is 4. The van der Waals surface area contributed by atoms with E-state index in [-0.39, 0.29) is 33.8 Å². The highest BCUT2D eigenvalue weighted by atomic mass is 35.5. The SMILES string of the molecule is O=C(CCc1ccccc1)N=C1S[C@H]2CS(=O)(=O)C[C@H]2N1c1cc(C(F)(F)F)ccc1Cl. The third-order valence-corrected chi connectivity index (χ3v) is 8.82. The van der Waals surface area contributed by atoms with E-state index in [4.69, 9.17) is 11.6 Å². The van der Waals surface area contributed by atoms with E-state index < -0.39 is 38.8 Å². The number of thioether (sulfide) groups is 1. The van der Waals surface area contributed by atoms with Gasteiger partial charge in [-0.3, -0.25) is 4.79 Å². The van der Waals surface area contributed by atoms with E-state index in [1.807, 2.05) is 30.3 Å². The van der Waals surface area contributed by atoms with E-state index in [9.17, 15) is 26.4 Å². The molecule has 2 heterocycles. The van der Waals surface area contributed by atoms with Gasteiger partial charge in [-0.2, -0.15) is 18.2 Å². The molecular weight excluding hydrogens is 485 g/mol. The Morgan fingerprint density at radius 2 is 1.88 bits per heavy atom. The predicted molar refractivity (Wildman–Crippen MR) is 120 cm³/mol. The Kier molecular flexibility index (Phi) is 6.30. The summed E-state index contributed by atoms with van der Waals surface area (Å²) < 4.78 is 64.2. The molecule has 4 rings (SSSR count). The number of amidine groups is 1. The lowest BCUT2D eigenvalue weighted by atomic mass is 10.1. The fourth-order valence-corrected chi connectivity index (χ4v) is 7.91. The first-order chi connectivity index (χ1) is 15.0. The molecule has 2 fully saturated rings. The van der Waals surface area contributed by atoms with Crippen molar-refractivity contribution in [3.8, 4) is 0 Å². The molecule has 0 aliphatic carbocycles. The van der Waals surface area contributed by atoms with Crippen LogP contribution in [0, 0.1) is 0 Å². The highest BCUT2D eigenvalue weighted by molar-refractivity contribution is 8.16. The van der Waals surface area contributed by atoms with Gasteiger partial charge < -0.3 is 4.90 Å². The lowest BCUT2D eigenvalue weighted by Gasteiger charge is -2.26. The number of fused-ring (bicyclic) bond motifs is 1. The fourth-order valence-electron chi connectivity index (χ4n) is 3.78. The van der Waals surface area contributed by atoms with E-state index in [2.05, 4.69) is 4.99 Å². The van der Waals surface area contributed by atoms with Gasteiger partial charge in [-0.25, -0.2) is 8.42 Å². The summed E-state index contributed by atoms with van der Waals surface area (Å²) in [6.07, 6.45) is -4.02. The van der Waals surface area contributed by atoms with Crippen molar-refractivity contribution in [2.45, 2.75) is 30.3 Å². The molecule has 0 bridgehead atoms. The first-order valence-corrected chi connectivity index (χ1v) is 12.8. The number of alkyl halides is 3. The smallest absolute Gasteiger partial charge is 0.314 e. The zero-order valence-electron chi connectivity index (χ0n) is 16.5. The van der Waals surface area contributed by atoms with Crippen LogP contribution in [0.2, 0.25) is 5.02 Å². The Labute approximate surface area is 192 Å². The van der Waals surface area contributed by atoms with Crippen molar-refractivity contribution in [1.82, 2.24) is 0 Å². The van der Waals surface area contributed by atoms with Crippen LogP contribution in [-0.2, 0) is 27.2 Å². The van der Waals surface area contributed by atoms with Gasteiger partial charge in [0, 0.05) is 11.7 Å². The van der Waals surface area contributed by atoms with E-state index in [0.717, 1.165) is 35.5 Å². The van der Waals surface area contributed by atoms with Gasteiger partial charge in [0.1, 0.15) is 0 Å². The number of rotatable bonds is 4. The number of nitrogens with zero attached hydrogens (tertiary/aromatic N) is 2. The molecule has 2 aromatic rings. The Morgan fingerprint density at radius 1 is 1.16 bits per heavy atom. The molecule has 0 radical (unpaired) electrons. The summed E-state index contributed by atoms with van der Waals surface area (Å²) in [5.74, 6) is -0.812. The molecule has 2 aromatic carbocycles. The van der Waals surface area contributed by atoms with Gasteiger partial charge in [0.15, 0.2) is 15.0 Å². The molecule has 2 aliphatic rings. The molecule has 11 heteroatoms. The normalized spacial score (nSPS) is 23.5. The second-order valence-electron chi connectivity index (χ2n) is 7.61. The van der Waals surface area contributed by atoms with Crippen molar-refractivity contribution >= 4 is 50.0 Å². The zero-order valence-corrected chi connectivity index (χ0v) is 18.9. The maximum Gasteiger partial charge on any atom is 0.416 e. The molecule has 2 atom stereocenters. The molecule has 2 saturated heterocycles. The van der Waals surface area contributed by atoms with E-state index in [0.29, 0.717) is 6.42 Å². The van der Waals surface area contributed by atoms with Crippen molar-refractivity contribution < 1.29 is 26.4 Å². The Balaban J connectivity index is 1.66. The number of halogens is 4. The van der Waals surface area contributed by atoms with Crippen molar-refractivity contribution in [2.75, 3.05) is 16.4 Å². The van der Waals surface area contributed by atoms with E-state index in [1.165, 1.54) is 4.90 Å². The van der Waals surface area contributed by atoms with Crippen LogP contribution in [0.4, 0.5) is 18.9 Å². The summed E-state index contributed by atoms with van der Waals surface area (Å²) in [6, 6.07) is 11.6. The third-order valence-electron chi connectivity index (χ3n) is 5.29. The van der Waals surface area contributed by atoms with Crippen LogP contribution < -0.4 is 4.90 Å². The second-order valence-corrected chi connectivity index (χ2v) is 11.4. The minimum atomic E-state index is -4.60. The molecular formula is C21H18ClF3N2O3S2. The predicted octanol–water partition coefficient (Wildman–Crippen LogP) is 4.59. The number of aryl methyl sites for hydroxylation is 1. The van der Waals surface area contributed by atoms with E-state index in [1.54, 1.807) is 0 Å². The number of amides is 1. The summed E-state index contributed by atoms with van der Waals surface area (Å²) in [5.41, 5.74) is 0.0371. The van der Waals surface area contributed by atoms with Gasteiger partial charge in [-0.1, -0.05) is 53.7 Å². The van der Waals surface area contributed by atoms with Gasteiger partial charge in [0.2, 0.25) is 5.91 Å². The maximum atomic E-state index is 13.3. The summed E-state index contributed by atoms with van der Waals surface area (Å²) >= 11 is 7.32. The molecule has 0 spiro atoms. The molecule has 5 nitrogen and oxygen atoms in total. The van der Waals surface area contributed by atoms with Gasteiger partial charge in [-0.05, 0) is 30.2 Å². The molecule has 0 unspecified atom stereocenters. The molecule has 0 aromatic heterocycles. The lowest BCUT2D eigenvalue weighted by molar-refractivity contribution is -0.137. The zero-order chi connectivity index (χ0) is 23.1. The van der Waals surface area contributed by atoms with Crippen molar-refractivity contribution in [2.24, 2.45) is 4.99 Å². The number of anilines is 1. The first-order valence-electron chi connectivity index (χ1n) is 9.72. The van der Waals surface area contributed by atoms with Gasteiger partial charge in [0.25, 0.3) is 0 Å². The number of benzene rings is 2. The minimum Gasteiger partial charge on any atom is -0.314 e. The van der Waals surface area contributed by atoms with Crippen LogP contribution in [0.15, 0.2) is 53.5 Å². The monoisotopic (exact) mass is 502 g/mol. The summed E-state index contributed by atoms with van der Waals surface area (Å²) in [4.78, 5) is 18.1. The molecule has 32 heavy (non-hydrogen) atoms. The van der Waals surface area contributed by atoms with Crippen molar-refractivity contribution in [3.05, 3.63) is 64.7 Å². The average Bonchev–Trinajstić information content (AvgIpc) is 3.17. The highest BCUT2D eigenvalue weighted by Crippen LogP contribution is 2.44. The van der Waals surface area contributed by atoms with Crippen LogP contribution in [0.5, 0.6) is 0 Å². The number of sulfone groups is 1. The third kappa shape index (κ3) is 4.97. The highest BCUT2D eigenvalue weighted by Gasteiger charge is 2.50. The minimum absolute atomic E-state index is 0.00630. The standard InChI is InChI=1S/C21H18ClF3N2O3S2/c22-15-8-7-14(21(23,24)25)10-16(15)27-17-11-32(29,30)12-18(17)31-20(27)26-19(28)9-6-13-4-2-1-3-5-13/h1-5,7-8,10,17-18H,6,9,11-12H2/t17-,18+/m1/s1. The maximum absolute atomic E-state index is 13.3. The lowest BCUT2D eigenvalue weighted by Crippen LogP contribution is -2.38. The van der Waals surface area contributed by atoms with Crippen LogP contribution in [0.25, 0.3) is 0 Å². The van der Waals surface area contributed by atoms with Gasteiger partial charge in [-0.15, -0.1) is 0 Å². The second kappa shape index (κ2) is 8.72. The average molecular weight is 503 g/mol. The Morgan fingerprint density at radius 3 is 2.56 bits per heavy atom. The molecule has 2 aliphatic heterocycles. The van der Waals surface area contributed by atoms with Gasteiger partial charge in [0.05, 0.1) is 33.8 Å². The quantitative estimate of drug-likeness (QED) is 0.611. The summed E-state index contributed by atoms with van der Waals surface area (Å²) in [5, 5.41) is -0.242. The first kappa shape index (κ1) is 23.1. The molecule has 0 saturated carbocycles. The molecule has 0 N–H and O–H groups in total.